The average molecular weight is 247 g/mol. The molecule has 2 heterocycles. The Morgan fingerprint density at radius 3 is 2.65 bits per heavy atom. The molecule has 6 heteroatoms. The number of hydrogen-bond acceptors (Lipinski definition) is 6. The molecule has 100 valence electrons. The van der Waals surface area contributed by atoms with Gasteiger partial charge in [-0.1, -0.05) is 0 Å². The van der Waals surface area contributed by atoms with Crippen molar-refractivity contribution in [2.45, 2.75) is 44.2 Å². The van der Waals surface area contributed by atoms with Gasteiger partial charge >= 0.3 is 0 Å². The second kappa shape index (κ2) is 5.17. The molecule has 17 heavy (non-hydrogen) atoms. The van der Waals surface area contributed by atoms with Gasteiger partial charge in [0.05, 0.1) is 6.61 Å². The molecule has 0 aromatic heterocycles. The molecule has 2 saturated heterocycles. The highest BCUT2D eigenvalue weighted by Crippen LogP contribution is 2.38. The topological polar surface area (TPSA) is 69.2 Å². The zero-order valence-corrected chi connectivity index (χ0v) is 10.5. The summed E-state index contributed by atoms with van der Waals surface area (Å²) >= 11 is 0. The van der Waals surface area contributed by atoms with E-state index in [1.165, 1.54) is 0 Å². The Labute approximate surface area is 101 Å². The molecular weight excluding hydrogens is 226 g/mol. The van der Waals surface area contributed by atoms with Crippen LogP contribution in [0.1, 0.15) is 13.8 Å². The van der Waals surface area contributed by atoms with E-state index in [1.807, 2.05) is 13.8 Å². The molecule has 2 aliphatic rings. The molecule has 0 amide bonds. The maximum absolute atomic E-state index is 8.72. The molecule has 0 unspecified atom stereocenters. The minimum atomic E-state index is -0.592. The van der Waals surface area contributed by atoms with Crippen molar-refractivity contribution in [3.05, 3.63) is 0 Å². The highest BCUT2D eigenvalue weighted by Gasteiger charge is 2.55. The van der Waals surface area contributed by atoms with Crippen molar-refractivity contribution in [2.75, 3.05) is 26.8 Å². The van der Waals surface area contributed by atoms with Gasteiger partial charge in [-0.2, -0.15) is 0 Å². The Balaban J connectivity index is 1.95. The third-order valence-electron chi connectivity index (χ3n) is 2.97. The van der Waals surface area contributed by atoms with Gasteiger partial charge < -0.3 is 29.4 Å². The molecule has 0 aliphatic carbocycles. The first-order valence-corrected chi connectivity index (χ1v) is 5.93. The van der Waals surface area contributed by atoms with Crippen molar-refractivity contribution < 1.29 is 24.1 Å². The van der Waals surface area contributed by atoms with Crippen LogP contribution in [0.5, 0.6) is 0 Å². The largest absolute Gasteiger partial charge is 0.395 e. The maximum Gasteiger partial charge on any atom is 0.186 e. The molecule has 2 rings (SSSR count). The molecule has 0 aromatic carbocycles. The van der Waals surface area contributed by atoms with Crippen molar-refractivity contribution in [3.8, 4) is 0 Å². The number of hydrogen-bond donors (Lipinski definition) is 2. The average Bonchev–Trinajstić information content (AvgIpc) is 2.73. The van der Waals surface area contributed by atoms with Crippen molar-refractivity contribution in [1.82, 2.24) is 5.32 Å². The predicted octanol–water partition coefficient (Wildman–Crippen LogP) is -0.540. The lowest BCUT2D eigenvalue weighted by atomic mass is 10.1. The lowest BCUT2D eigenvalue weighted by Crippen LogP contribution is -2.38. The first-order valence-electron chi connectivity index (χ1n) is 5.93. The first-order chi connectivity index (χ1) is 8.07. The molecule has 0 bridgehead atoms. The van der Waals surface area contributed by atoms with Crippen LogP contribution < -0.4 is 5.32 Å². The van der Waals surface area contributed by atoms with Crippen LogP contribution in [-0.4, -0.2) is 62.3 Å². The van der Waals surface area contributed by atoms with Crippen LogP contribution >= 0.6 is 0 Å². The molecule has 0 radical (unpaired) electrons. The van der Waals surface area contributed by atoms with Crippen molar-refractivity contribution in [1.29, 1.82) is 0 Å². The zero-order valence-electron chi connectivity index (χ0n) is 10.5. The van der Waals surface area contributed by atoms with Crippen LogP contribution in [-0.2, 0) is 18.9 Å². The summed E-state index contributed by atoms with van der Waals surface area (Å²) in [7, 11) is 1.60. The standard InChI is InChI=1S/C11H21NO5/c1-11(2)16-8-7(6-12-4-5-13)15-10(14-3)9(8)17-11/h7-10,12-13H,4-6H2,1-3H3/t7-,8-,9+,10-/m0/s1. The first kappa shape index (κ1) is 13.2. The van der Waals surface area contributed by atoms with Gasteiger partial charge in [0.25, 0.3) is 0 Å². The summed E-state index contributed by atoms with van der Waals surface area (Å²) in [5.41, 5.74) is 0. The van der Waals surface area contributed by atoms with Crippen LogP contribution in [0.4, 0.5) is 0 Å². The summed E-state index contributed by atoms with van der Waals surface area (Å²) in [5.74, 6) is -0.592. The Bertz CT molecular complexity index is 260. The molecule has 4 atom stereocenters. The highest BCUT2D eigenvalue weighted by atomic mass is 16.8. The summed E-state index contributed by atoms with van der Waals surface area (Å²) in [6.07, 6.45) is -0.807. The molecule has 0 spiro atoms. The third kappa shape index (κ3) is 2.78. The molecule has 2 fully saturated rings. The van der Waals surface area contributed by atoms with Gasteiger partial charge in [-0.05, 0) is 13.8 Å². The third-order valence-corrected chi connectivity index (χ3v) is 2.97. The quantitative estimate of drug-likeness (QED) is 0.636. The normalized spacial score (nSPS) is 39.5. The van der Waals surface area contributed by atoms with E-state index < -0.39 is 5.79 Å². The van der Waals surface area contributed by atoms with Gasteiger partial charge in [-0.25, -0.2) is 0 Å². The summed E-state index contributed by atoms with van der Waals surface area (Å²) in [6, 6.07) is 0. The Kier molecular flexibility index (Phi) is 4.02. The highest BCUT2D eigenvalue weighted by molar-refractivity contribution is 4.95. The van der Waals surface area contributed by atoms with E-state index in [1.54, 1.807) is 7.11 Å². The Morgan fingerprint density at radius 1 is 1.29 bits per heavy atom. The maximum atomic E-state index is 8.72. The van der Waals surface area contributed by atoms with E-state index in [2.05, 4.69) is 5.32 Å². The summed E-state index contributed by atoms with van der Waals surface area (Å²) < 4.78 is 22.5. The number of ether oxygens (including phenoxy) is 4. The van der Waals surface area contributed by atoms with Gasteiger partial charge in [-0.3, -0.25) is 0 Å². The van der Waals surface area contributed by atoms with Crippen LogP contribution in [0.25, 0.3) is 0 Å². The smallest absolute Gasteiger partial charge is 0.186 e. The van der Waals surface area contributed by atoms with Crippen LogP contribution in [0, 0.1) is 0 Å². The van der Waals surface area contributed by atoms with Crippen molar-refractivity contribution >= 4 is 0 Å². The number of nitrogens with one attached hydrogen (secondary N) is 1. The molecule has 6 nitrogen and oxygen atoms in total. The van der Waals surface area contributed by atoms with Crippen LogP contribution in [0.3, 0.4) is 0 Å². The van der Waals surface area contributed by atoms with Crippen LogP contribution in [0.15, 0.2) is 0 Å². The van der Waals surface area contributed by atoms with E-state index in [0.29, 0.717) is 13.1 Å². The fraction of sp³-hybridized carbons (Fsp3) is 1.00. The zero-order chi connectivity index (χ0) is 12.5. The van der Waals surface area contributed by atoms with Gasteiger partial charge in [0.2, 0.25) is 0 Å². The van der Waals surface area contributed by atoms with Crippen molar-refractivity contribution in [2.24, 2.45) is 0 Å². The molecule has 2 aliphatic heterocycles. The number of methoxy groups -OCH3 is 1. The summed E-state index contributed by atoms with van der Waals surface area (Å²) in [6.45, 7) is 5.03. The Morgan fingerprint density at radius 2 is 2.00 bits per heavy atom. The van der Waals surface area contributed by atoms with Gasteiger partial charge in [0.1, 0.15) is 18.3 Å². The van der Waals surface area contributed by atoms with Crippen LogP contribution in [0.2, 0.25) is 0 Å². The SMILES string of the molecule is CO[C@H]1O[C@@H](CNCCO)[C@@H]2OC(C)(C)O[C@@H]12. The number of fused-ring (bicyclic) bond motifs is 1. The molecule has 0 aromatic rings. The van der Waals surface area contributed by atoms with Gasteiger partial charge in [0.15, 0.2) is 12.1 Å². The fourth-order valence-corrected chi connectivity index (χ4v) is 2.32. The molecule has 0 saturated carbocycles. The number of aliphatic hydroxyl groups excluding tert-OH is 1. The van der Waals surface area contributed by atoms with E-state index in [4.69, 9.17) is 24.1 Å². The minimum Gasteiger partial charge on any atom is -0.395 e. The minimum absolute atomic E-state index is 0.109. The monoisotopic (exact) mass is 247 g/mol. The number of aliphatic hydroxyl groups is 1. The summed E-state index contributed by atoms with van der Waals surface area (Å²) in [5, 5.41) is 11.8. The van der Waals surface area contributed by atoms with E-state index in [9.17, 15) is 0 Å². The number of rotatable bonds is 5. The molecule has 2 N–H and O–H groups in total. The van der Waals surface area contributed by atoms with E-state index >= 15 is 0 Å². The Hall–Kier alpha value is -0.240. The fourth-order valence-electron chi connectivity index (χ4n) is 2.32. The second-order valence-electron chi connectivity index (χ2n) is 4.77. The second-order valence-corrected chi connectivity index (χ2v) is 4.77. The lowest BCUT2D eigenvalue weighted by molar-refractivity contribution is -0.226. The van der Waals surface area contributed by atoms with E-state index in [-0.39, 0.29) is 31.2 Å². The summed E-state index contributed by atoms with van der Waals surface area (Å²) in [4.78, 5) is 0. The van der Waals surface area contributed by atoms with Gasteiger partial charge in [0, 0.05) is 20.2 Å². The van der Waals surface area contributed by atoms with E-state index in [0.717, 1.165) is 0 Å². The van der Waals surface area contributed by atoms with Crippen molar-refractivity contribution in [3.63, 3.8) is 0 Å². The lowest BCUT2D eigenvalue weighted by Gasteiger charge is -2.23. The predicted molar refractivity (Wildman–Crippen MR) is 59.5 cm³/mol. The molecular formula is C11H21NO5. The van der Waals surface area contributed by atoms with Gasteiger partial charge in [-0.15, -0.1) is 0 Å².